The van der Waals surface area contributed by atoms with E-state index in [1.54, 1.807) is 0 Å². The fourth-order valence-electron chi connectivity index (χ4n) is 1.59. The van der Waals surface area contributed by atoms with E-state index in [4.69, 9.17) is 5.11 Å². The van der Waals surface area contributed by atoms with Crippen molar-refractivity contribution in [1.29, 1.82) is 0 Å². The molecule has 1 rings (SSSR count). The zero-order chi connectivity index (χ0) is 8.10. The Balaban J connectivity index is 2.27. The second-order valence-corrected chi connectivity index (χ2v) is 3.03. The van der Waals surface area contributed by atoms with Crippen LogP contribution < -0.4 is 5.32 Å². The van der Waals surface area contributed by atoms with E-state index in [2.05, 4.69) is 5.32 Å². The third-order valence-electron chi connectivity index (χ3n) is 2.23. The summed E-state index contributed by atoms with van der Waals surface area (Å²) in [7, 11) is 0. The second kappa shape index (κ2) is 4.34. The van der Waals surface area contributed by atoms with E-state index >= 15 is 0 Å². The first-order valence-corrected chi connectivity index (χ1v) is 4.23. The standard InChI is InChI=1S/C8H15NO2/c10-6-9-8(11)7-4-2-1-3-5-7/h7,10H,1-6H2,(H,9,11). The molecule has 1 aliphatic carbocycles. The second-order valence-electron chi connectivity index (χ2n) is 3.03. The van der Waals surface area contributed by atoms with Gasteiger partial charge >= 0.3 is 0 Å². The van der Waals surface area contributed by atoms with Crippen molar-refractivity contribution >= 4 is 5.91 Å². The van der Waals surface area contributed by atoms with Gasteiger partial charge in [0, 0.05) is 5.92 Å². The molecule has 0 heterocycles. The van der Waals surface area contributed by atoms with Gasteiger partial charge in [0.1, 0.15) is 6.73 Å². The number of aliphatic hydroxyl groups is 1. The van der Waals surface area contributed by atoms with Crippen LogP contribution in [0, 0.1) is 5.92 Å². The van der Waals surface area contributed by atoms with Gasteiger partial charge < -0.3 is 10.4 Å². The van der Waals surface area contributed by atoms with E-state index in [0.29, 0.717) is 0 Å². The zero-order valence-electron chi connectivity index (χ0n) is 6.68. The minimum atomic E-state index is -0.227. The molecule has 1 fully saturated rings. The summed E-state index contributed by atoms with van der Waals surface area (Å²) in [5, 5.41) is 10.9. The Morgan fingerprint density at radius 3 is 2.55 bits per heavy atom. The molecule has 2 N–H and O–H groups in total. The first kappa shape index (κ1) is 8.53. The maximum absolute atomic E-state index is 11.1. The summed E-state index contributed by atoms with van der Waals surface area (Å²) < 4.78 is 0. The Morgan fingerprint density at radius 2 is 2.00 bits per heavy atom. The molecule has 0 aliphatic heterocycles. The molecular formula is C8H15NO2. The van der Waals surface area contributed by atoms with Crippen molar-refractivity contribution in [2.75, 3.05) is 6.73 Å². The van der Waals surface area contributed by atoms with E-state index in [1.165, 1.54) is 6.42 Å². The van der Waals surface area contributed by atoms with Gasteiger partial charge in [-0.25, -0.2) is 0 Å². The lowest BCUT2D eigenvalue weighted by Gasteiger charge is -2.19. The van der Waals surface area contributed by atoms with Gasteiger partial charge in [0.2, 0.25) is 5.91 Å². The van der Waals surface area contributed by atoms with Gasteiger partial charge in [-0.05, 0) is 12.8 Å². The molecule has 0 aromatic heterocycles. The van der Waals surface area contributed by atoms with Crippen molar-refractivity contribution in [3.8, 4) is 0 Å². The topological polar surface area (TPSA) is 49.3 Å². The van der Waals surface area contributed by atoms with Crippen molar-refractivity contribution in [2.45, 2.75) is 32.1 Å². The lowest BCUT2D eigenvalue weighted by atomic mass is 9.89. The average Bonchev–Trinajstić information content (AvgIpc) is 2.07. The van der Waals surface area contributed by atoms with Gasteiger partial charge in [0.05, 0.1) is 0 Å². The first-order chi connectivity index (χ1) is 5.34. The van der Waals surface area contributed by atoms with Crippen molar-refractivity contribution in [1.82, 2.24) is 5.32 Å². The highest BCUT2D eigenvalue weighted by Crippen LogP contribution is 2.23. The molecule has 3 heteroatoms. The lowest BCUT2D eigenvalue weighted by molar-refractivity contribution is -0.127. The molecule has 11 heavy (non-hydrogen) atoms. The largest absolute Gasteiger partial charge is 0.377 e. The number of carbonyl (C=O) groups is 1. The van der Waals surface area contributed by atoms with Crippen molar-refractivity contribution in [3.05, 3.63) is 0 Å². The Hall–Kier alpha value is -0.570. The Bertz CT molecular complexity index is 130. The zero-order valence-corrected chi connectivity index (χ0v) is 6.68. The molecule has 0 aromatic rings. The molecule has 0 radical (unpaired) electrons. The van der Waals surface area contributed by atoms with Gasteiger partial charge in [-0.1, -0.05) is 19.3 Å². The van der Waals surface area contributed by atoms with Crippen LogP contribution in [0.3, 0.4) is 0 Å². The Labute approximate surface area is 66.8 Å². The van der Waals surface area contributed by atoms with Crippen LogP contribution in [0.25, 0.3) is 0 Å². The van der Waals surface area contributed by atoms with Crippen molar-refractivity contribution < 1.29 is 9.90 Å². The molecule has 1 aliphatic rings. The smallest absolute Gasteiger partial charge is 0.224 e. The van der Waals surface area contributed by atoms with Crippen LogP contribution in [0.2, 0.25) is 0 Å². The third-order valence-corrected chi connectivity index (χ3v) is 2.23. The molecule has 0 unspecified atom stereocenters. The predicted octanol–water partition coefficient (Wildman–Crippen LogP) is 0.633. The lowest BCUT2D eigenvalue weighted by Crippen LogP contribution is -2.32. The number of carbonyl (C=O) groups excluding carboxylic acids is 1. The fourth-order valence-corrected chi connectivity index (χ4v) is 1.59. The summed E-state index contributed by atoms with van der Waals surface area (Å²) in [4.78, 5) is 11.1. The van der Waals surface area contributed by atoms with Gasteiger partial charge in [-0.3, -0.25) is 4.79 Å². The number of hydrogen-bond acceptors (Lipinski definition) is 2. The summed E-state index contributed by atoms with van der Waals surface area (Å²) in [6.07, 6.45) is 5.55. The van der Waals surface area contributed by atoms with Crippen LogP contribution in [-0.4, -0.2) is 17.7 Å². The highest BCUT2D eigenvalue weighted by atomic mass is 16.3. The summed E-state index contributed by atoms with van der Waals surface area (Å²) in [5.74, 6) is 0.183. The minimum Gasteiger partial charge on any atom is -0.377 e. The van der Waals surface area contributed by atoms with Crippen LogP contribution in [0.5, 0.6) is 0 Å². The molecule has 1 amide bonds. The molecule has 0 saturated heterocycles. The Kier molecular flexibility index (Phi) is 3.36. The third kappa shape index (κ3) is 2.50. The van der Waals surface area contributed by atoms with E-state index in [0.717, 1.165) is 25.7 Å². The predicted molar refractivity (Wildman–Crippen MR) is 41.8 cm³/mol. The summed E-state index contributed by atoms with van der Waals surface area (Å²) in [6.45, 7) is -0.227. The number of amides is 1. The van der Waals surface area contributed by atoms with Crippen LogP contribution in [0.1, 0.15) is 32.1 Å². The van der Waals surface area contributed by atoms with Gasteiger partial charge in [0.25, 0.3) is 0 Å². The quantitative estimate of drug-likeness (QED) is 0.578. The monoisotopic (exact) mass is 157 g/mol. The number of nitrogens with one attached hydrogen (secondary N) is 1. The molecule has 0 bridgehead atoms. The van der Waals surface area contributed by atoms with Crippen molar-refractivity contribution in [3.63, 3.8) is 0 Å². The fraction of sp³-hybridized carbons (Fsp3) is 0.875. The van der Waals surface area contributed by atoms with Crippen LogP contribution >= 0.6 is 0 Å². The van der Waals surface area contributed by atoms with Gasteiger partial charge in [-0.2, -0.15) is 0 Å². The highest BCUT2D eigenvalue weighted by molar-refractivity contribution is 5.78. The van der Waals surface area contributed by atoms with E-state index in [1.807, 2.05) is 0 Å². The number of rotatable bonds is 2. The molecule has 0 spiro atoms. The molecule has 0 aromatic carbocycles. The number of hydrogen-bond donors (Lipinski definition) is 2. The van der Waals surface area contributed by atoms with Crippen molar-refractivity contribution in [2.24, 2.45) is 5.92 Å². The molecule has 1 saturated carbocycles. The maximum Gasteiger partial charge on any atom is 0.224 e. The molecule has 0 atom stereocenters. The van der Waals surface area contributed by atoms with E-state index in [-0.39, 0.29) is 18.6 Å². The Morgan fingerprint density at radius 1 is 1.36 bits per heavy atom. The number of aliphatic hydroxyl groups excluding tert-OH is 1. The molecule has 64 valence electrons. The maximum atomic E-state index is 11.1. The molecular weight excluding hydrogens is 142 g/mol. The van der Waals surface area contributed by atoms with Crippen LogP contribution in [0.15, 0.2) is 0 Å². The molecule has 3 nitrogen and oxygen atoms in total. The average molecular weight is 157 g/mol. The van der Waals surface area contributed by atoms with Crippen LogP contribution in [-0.2, 0) is 4.79 Å². The summed E-state index contributed by atoms with van der Waals surface area (Å²) in [5.41, 5.74) is 0. The van der Waals surface area contributed by atoms with Crippen LogP contribution in [0.4, 0.5) is 0 Å². The van der Waals surface area contributed by atoms with E-state index in [9.17, 15) is 4.79 Å². The van der Waals surface area contributed by atoms with Gasteiger partial charge in [0.15, 0.2) is 0 Å². The first-order valence-electron chi connectivity index (χ1n) is 4.23. The highest BCUT2D eigenvalue weighted by Gasteiger charge is 2.19. The SMILES string of the molecule is O=C(NCO)C1CCCCC1. The summed E-state index contributed by atoms with van der Waals surface area (Å²) >= 11 is 0. The van der Waals surface area contributed by atoms with E-state index < -0.39 is 0 Å². The minimum absolute atomic E-state index is 0.0206. The summed E-state index contributed by atoms with van der Waals surface area (Å²) in [6, 6.07) is 0. The van der Waals surface area contributed by atoms with Gasteiger partial charge in [-0.15, -0.1) is 0 Å². The normalized spacial score (nSPS) is 19.7.